The zero-order chi connectivity index (χ0) is 16.1. The molecule has 0 N–H and O–H groups in total. The molecule has 0 aliphatic carbocycles. The van der Waals surface area contributed by atoms with Crippen molar-refractivity contribution < 1.29 is 19.1 Å². The Hall–Kier alpha value is -2.44. The number of hydrogen-bond donors (Lipinski definition) is 0. The zero-order valence-corrected chi connectivity index (χ0v) is 12.1. The van der Waals surface area contributed by atoms with Gasteiger partial charge < -0.3 is 9.47 Å². The molecule has 0 heterocycles. The maximum absolute atomic E-state index is 11.8. The summed E-state index contributed by atoms with van der Waals surface area (Å²) in [5.74, 6) is -1.41. The van der Waals surface area contributed by atoms with Gasteiger partial charge in [-0.1, -0.05) is 10.2 Å². The first-order valence-corrected chi connectivity index (χ1v) is 6.33. The van der Waals surface area contributed by atoms with Gasteiger partial charge in [0.05, 0.1) is 13.2 Å². The van der Waals surface area contributed by atoms with Crippen LogP contribution < -0.4 is 0 Å². The van der Waals surface area contributed by atoms with Crippen molar-refractivity contribution in [1.82, 2.24) is 0 Å². The van der Waals surface area contributed by atoms with Crippen LogP contribution in [0.25, 0.3) is 20.9 Å². The second-order valence-electron chi connectivity index (χ2n) is 4.51. The summed E-state index contributed by atoms with van der Waals surface area (Å²) in [4.78, 5) is 28.7. The van der Waals surface area contributed by atoms with Gasteiger partial charge in [-0.05, 0) is 37.8 Å². The molecule has 0 rings (SSSR count). The zero-order valence-electron chi connectivity index (χ0n) is 12.1. The van der Waals surface area contributed by atoms with E-state index in [0.29, 0.717) is 12.8 Å². The van der Waals surface area contributed by atoms with E-state index in [9.17, 15) is 9.59 Å². The first-order valence-electron chi connectivity index (χ1n) is 6.33. The van der Waals surface area contributed by atoms with Crippen LogP contribution in [0.1, 0.15) is 26.7 Å². The molecule has 0 aliphatic rings. The molecule has 0 aromatic rings. The van der Waals surface area contributed by atoms with Crippen LogP contribution in [0.4, 0.5) is 0 Å². The molecule has 0 aromatic carbocycles. The molecule has 0 fully saturated rings. The minimum Gasteiger partial charge on any atom is -0.465 e. The molecule has 0 aliphatic heterocycles. The molecular weight excluding hydrogens is 280 g/mol. The first-order chi connectivity index (χ1) is 9.96. The summed E-state index contributed by atoms with van der Waals surface area (Å²) in [6, 6.07) is 0. The van der Waals surface area contributed by atoms with Crippen LogP contribution in [0.5, 0.6) is 0 Å². The maximum atomic E-state index is 11.8. The molecule has 10 nitrogen and oxygen atoms in total. The van der Waals surface area contributed by atoms with E-state index in [2.05, 4.69) is 20.1 Å². The van der Waals surface area contributed by atoms with Gasteiger partial charge in [0.25, 0.3) is 0 Å². The summed E-state index contributed by atoms with van der Waals surface area (Å²) in [6.45, 7) is 3.36. The Balaban J connectivity index is 4.11. The molecule has 0 aromatic heterocycles. The van der Waals surface area contributed by atoms with Crippen LogP contribution in [0, 0.1) is 5.41 Å². The van der Waals surface area contributed by atoms with E-state index in [1.165, 1.54) is 13.8 Å². The lowest BCUT2D eigenvalue weighted by molar-refractivity contribution is -0.169. The predicted molar refractivity (Wildman–Crippen MR) is 73.0 cm³/mol. The van der Waals surface area contributed by atoms with Crippen LogP contribution in [0.2, 0.25) is 0 Å². The van der Waals surface area contributed by atoms with Gasteiger partial charge in [-0.15, -0.1) is 0 Å². The number of rotatable bonds is 10. The molecule has 0 amide bonds. The minimum atomic E-state index is -1.42. The molecule has 0 saturated carbocycles. The van der Waals surface area contributed by atoms with Gasteiger partial charge >= 0.3 is 11.9 Å². The molecule has 0 radical (unpaired) electrons. The van der Waals surface area contributed by atoms with E-state index in [0.717, 1.165) is 0 Å². The molecule has 0 bridgehead atoms. The highest BCUT2D eigenvalue weighted by molar-refractivity contribution is 5.99. The summed E-state index contributed by atoms with van der Waals surface area (Å²) in [5.41, 5.74) is 14.7. The Labute approximate surface area is 121 Å². The normalized spacial score (nSPS) is 10.0. The number of ether oxygens (including phenoxy) is 2. The number of azide groups is 2. The van der Waals surface area contributed by atoms with Crippen molar-refractivity contribution in [2.75, 3.05) is 26.3 Å². The number of esters is 2. The fraction of sp³-hybridized carbons (Fsp3) is 0.818. The number of hydrogen-bond acceptors (Lipinski definition) is 6. The smallest absolute Gasteiger partial charge is 0.322 e. The van der Waals surface area contributed by atoms with E-state index < -0.39 is 17.4 Å². The predicted octanol–water partition coefficient (Wildman–Crippen LogP) is 2.50. The largest absolute Gasteiger partial charge is 0.465 e. The fourth-order valence-corrected chi connectivity index (χ4v) is 1.13. The Morgan fingerprint density at radius 2 is 1.33 bits per heavy atom. The quantitative estimate of drug-likeness (QED) is 0.152. The molecule has 0 saturated heterocycles. The summed E-state index contributed by atoms with van der Waals surface area (Å²) in [7, 11) is 0. The molecule has 0 atom stereocenters. The summed E-state index contributed by atoms with van der Waals surface area (Å²) in [5, 5.41) is 6.59. The Kier molecular flexibility index (Phi) is 9.16. The minimum absolute atomic E-state index is 0.0610. The first kappa shape index (κ1) is 18.6. The van der Waals surface area contributed by atoms with Crippen molar-refractivity contribution in [3.63, 3.8) is 0 Å². The van der Waals surface area contributed by atoms with Gasteiger partial charge in [0.2, 0.25) is 0 Å². The highest BCUT2D eigenvalue weighted by atomic mass is 16.6. The van der Waals surface area contributed by atoms with Gasteiger partial charge in [0.1, 0.15) is 0 Å². The summed E-state index contributed by atoms with van der Waals surface area (Å²) < 4.78 is 9.86. The van der Waals surface area contributed by atoms with Crippen molar-refractivity contribution in [1.29, 1.82) is 0 Å². The van der Waals surface area contributed by atoms with Crippen molar-refractivity contribution in [3.8, 4) is 0 Å². The highest BCUT2D eigenvalue weighted by Crippen LogP contribution is 2.19. The van der Waals surface area contributed by atoms with Crippen LogP contribution in [0.3, 0.4) is 0 Å². The van der Waals surface area contributed by atoms with Crippen LogP contribution >= 0.6 is 0 Å². The molecule has 0 spiro atoms. The number of carbonyl (C=O) groups excluding carboxylic acids is 2. The van der Waals surface area contributed by atoms with Crippen molar-refractivity contribution >= 4 is 11.9 Å². The second kappa shape index (κ2) is 10.4. The fourth-order valence-electron chi connectivity index (χ4n) is 1.13. The van der Waals surface area contributed by atoms with Crippen LogP contribution in [-0.2, 0) is 19.1 Å². The number of carbonyl (C=O) groups is 2. The SMILES string of the molecule is CC(C)(C(=O)OCCCN=[N+]=[N-])C(=O)OCCCN=[N+]=[N-]. The van der Waals surface area contributed by atoms with Gasteiger partial charge in [-0.2, -0.15) is 0 Å². The average Bonchev–Trinajstić information content (AvgIpc) is 2.46. The van der Waals surface area contributed by atoms with Gasteiger partial charge in [-0.25, -0.2) is 0 Å². The Morgan fingerprint density at radius 1 is 0.952 bits per heavy atom. The van der Waals surface area contributed by atoms with Crippen molar-refractivity contribution in [2.24, 2.45) is 15.6 Å². The third-order valence-corrected chi connectivity index (χ3v) is 2.42. The van der Waals surface area contributed by atoms with Gasteiger partial charge in [0.15, 0.2) is 5.41 Å². The monoisotopic (exact) mass is 298 g/mol. The van der Waals surface area contributed by atoms with E-state index in [-0.39, 0.29) is 26.3 Å². The van der Waals surface area contributed by atoms with E-state index in [1.54, 1.807) is 0 Å². The van der Waals surface area contributed by atoms with Crippen LogP contribution in [-0.4, -0.2) is 38.2 Å². The van der Waals surface area contributed by atoms with Gasteiger partial charge in [0, 0.05) is 22.9 Å². The third-order valence-electron chi connectivity index (χ3n) is 2.42. The molecule has 0 unspecified atom stereocenters. The van der Waals surface area contributed by atoms with E-state index >= 15 is 0 Å². The van der Waals surface area contributed by atoms with E-state index in [4.69, 9.17) is 20.5 Å². The van der Waals surface area contributed by atoms with E-state index in [1.807, 2.05) is 0 Å². The Morgan fingerprint density at radius 3 is 1.67 bits per heavy atom. The average molecular weight is 298 g/mol. The maximum Gasteiger partial charge on any atom is 0.322 e. The lowest BCUT2D eigenvalue weighted by atomic mass is 9.94. The highest BCUT2D eigenvalue weighted by Gasteiger charge is 2.39. The molecule has 10 heteroatoms. The Bertz CT molecular complexity index is 412. The van der Waals surface area contributed by atoms with Crippen molar-refractivity contribution in [3.05, 3.63) is 20.9 Å². The number of nitrogens with zero attached hydrogens (tertiary/aromatic N) is 6. The van der Waals surface area contributed by atoms with Gasteiger partial charge in [-0.3, -0.25) is 9.59 Å². The summed E-state index contributed by atoms with van der Waals surface area (Å²) >= 11 is 0. The third kappa shape index (κ3) is 7.66. The standard InChI is InChI=1S/C11H18N6O4/c1-11(2,9(18)20-7-3-5-14-16-12)10(19)21-8-4-6-15-17-13/h3-8H2,1-2H3. The van der Waals surface area contributed by atoms with Crippen molar-refractivity contribution in [2.45, 2.75) is 26.7 Å². The topological polar surface area (TPSA) is 150 Å². The molecular formula is C11H18N6O4. The lowest BCUT2D eigenvalue weighted by Gasteiger charge is -2.20. The van der Waals surface area contributed by atoms with Crippen LogP contribution in [0.15, 0.2) is 10.2 Å². The molecule has 116 valence electrons. The lowest BCUT2D eigenvalue weighted by Crippen LogP contribution is -2.37. The summed E-state index contributed by atoms with van der Waals surface area (Å²) in [6.07, 6.45) is 0.764. The molecule has 21 heavy (non-hydrogen) atoms. The second-order valence-corrected chi connectivity index (χ2v) is 4.51.